The Morgan fingerprint density at radius 1 is 1.21 bits per heavy atom. The lowest BCUT2D eigenvalue weighted by Crippen LogP contribution is -2.48. The third-order valence-electron chi connectivity index (χ3n) is 4.91. The average Bonchev–Trinajstić information content (AvgIpc) is 3.15. The van der Waals surface area contributed by atoms with E-state index in [1.807, 2.05) is 11.8 Å². The van der Waals surface area contributed by atoms with Gasteiger partial charge in [0.1, 0.15) is 11.0 Å². The molecule has 0 aliphatic carbocycles. The van der Waals surface area contributed by atoms with Gasteiger partial charge in [-0.2, -0.15) is 0 Å². The van der Waals surface area contributed by atoms with Crippen molar-refractivity contribution >= 4 is 11.8 Å². The Hall–Kier alpha value is -0.630. The predicted molar refractivity (Wildman–Crippen MR) is 102 cm³/mol. The lowest BCUT2D eigenvalue weighted by molar-refractivity contribution is 0.111. The van der Waals surface area contributed by atoms with E-state index in [4.69, 9.17) is 5.73 Å². The van der Waals surface area contributed by atoms with Gasteiger partial charge in [-0.1, -0.05) is 49.0 Å². The highest BCUT2D eigenvalue weighted by Gasteiger charge is 2.46. The Balaban J connectivity index is 1.60. The van der Waals surface area contributed by atoms with Crippen LogP contribution in [-0.2, 0) is 0 Å². The Morgan fingerprint density at radius 2 is 2.00 bits per heavy atom. The van der Waals surface area contributed by atoms with Crippen molar-refractivity contribution in [2.24, 2.45) is 5.73 Å². The number of unbranched alkanes of at least 4 members (excludes halogenated alkanes) is 1. The monoisotopic (exact) mass is 349 g/mol. The van der Waals surface area contributed by atoms with Crippen molar-refractivity contribution in [3.8, 4) is 0 Å². The van der Waals surface area contributed by atoms with Crippen LogP contribution in [0.3, 0.4) is 0 Å². The van der Waals surface area contributed by atoms with E-state index in [1.165, 1.54) is 18.4 Å². The summed E-state index contributed by atoms with van der Waals surface area (Å²) in [6.45, 7) is 7.60. The maximum absolute atomic E-state index is 5.65. The highest BCUT2D eigenvalue weighted by Crippen LogP contribution is 2.38. The van der Waals surface area contributed by atoms with E-state index in [9.17, 15) is 0 Å². The standard InChI is InChI=1S/C18H31N5S/c1-3-12-22(13-8-7-11-19)18-21-23-14(2)16(20-17(23)24-18)15-9-5-4-6-10-15/h4-6,9-10,14,16-18,20-21H,3,7-8,11-13,19H2,1-2H3. The van der Waals surface area contributed by atoms with E-state index < -0.39 is 0 Å². The van der Waals surface area contributed by atoms with Gasteiger partial charge in [0.2, 0.25) is 0 Å². The number of thioether (sulfide) groups is 1. The number of nitrogens with one attached hydrogen (secondary N) is 2. The van der Waals surface area contributed by atoms with Crippen molar-refractivity contribution in [2.75, 3.05) is 19.6 Å². The molecule has 6 heteroatoms. The quantitative estimate of drug-likeness (QED) is 0.626. The zero-order chi connectivity index (χ0) is 16.9. The first-order chi connectivity index (χ1) is 11.7. The first-order valence-electron chi connectivity index (χ1n) is 9.19. The molecule has 3 rings (SSSR count). The van der Waals surface area contributed by atoms with E-state index in [0.717, 1.165) is 26.1 Å². The van der Waals surface area contributed by atoms with Gasteiger partial charge in [0.25, 0.3) is 0 Å². The molecule has 2 saturated heterocycles. The van der Waals surface area contributed by atoms with E-state index >= 15 is 0 Å². The van der Waals surface area contributed by atoms with Gasteiger partial charge in [0.05, 0.1) is 6.04 Å². The van der Waals surface area contributed by atoms with Gasteiger partial charge in [-0.15, -0.1) is 0 Å². The highest BCUT2D eigenvalue weighted by atomic mass is 32.2. The van der Waals surface area contributed by atoms with Gasteiger partial charge >= 0.3 is 0 Å². The summed E-state index contributed by atoms with van der Waals surface area (Å²) in [4.78, 5) is 2.56. The van der Waals surface area contributed by atoms with Crippen LogP contribution in [0.5, 0.6) is 0 Å². The number of benzene rings is 1. The van der Waals surface area contributed by atoms with Crippen molar-refractivity contribution in [1.29, 1.82) is 0 Å². The Bertz CT molecular complexity index is 499. The zero-order valence-electron chi connectivity index (χ0n) is 14.8. The van der Waals surface area contributed by atoms with Crippen LogP contribution in [0.25, 0.3) is 0 Å². The molecule has 4 unspecified atom stereocenters. The predicted octanol–water partition coefficient (Wildman–Crippen LogP) is 2.29. The third kappa shape index (κ3) is 3.95. The molecule has 2 aliphatic rings. The van der Waals surface area contributed by atoms with Crippen LogP contribution in [0.1, 0.15) is 44.7 Å². The van der Waals surface area contributed by atoms with Crippen LogP contribution < -0.4 is 16.5 Å². The van der Waals surface area contributed by atoms with E-state index in [1.54, 1.807) is 0 Å². The molecule has 1 aromatic rings. The van der Waals surface area contributed by atoms with Crippen LogP contribution in [0.2, 0.25) is 0 Å². The molecule has 2 heterocycles. The second-order valence-corrected chi connectivity index (χ2v) is 7.87. The average molecular weight is 350 g/mol. The van der Waals surface area contributed by atoms with Crippen LogP contribution in [0.4, 0.5) is 0 Å². The summed E-state index contributed by atoms with van der Waals surface area (Å²) in [6.07, 6.45) is 3.46. The fourth-order valence-corrected chi connectivity index (χ4v) is 5.03. The van der Waals surface area contributed by atoms with Crippen LogP contribution in [0, 0.1) is 0 Å². The van der Waals surface area contributed by atoms with Crippen molar-refractivity contribution in [3.05, 3.63) is 35.9 Å². The molecule has 0 radical (unpaired) electrons. The molecule has 0 bridgehead atoms. The van der Waals surface area contributed by atoms with Crippen molar-refractivity contribution in [3.63, 3.8) is 0 Å². The first-order valence-corrected chi connectivity index (χ1v) is 10.1. The highest BCUT2D eigenvalue weighted by molar-refractivity contribution is 8.00. The second kappa shape index (κ2) is 8.65. The van der Waals surface area contributed by atoms with E-state index in [2.05, 4.69) is 64.8 Å². The van der Waals surface area contributed by atoms with Gasteiger partial charge in [-0.3, -0.25) is 10.2 Å². The molecule has 0 saturated carbocycles. The fraction of sp³-hybridized carbons (Fsp3) is 0.667. The first kappa shape index (κ1) is 18.2. The molecule has 134 valence electrons. The molecule has 0 spiro atoms. The Morgan fingerprint density at radius 3 is 2.67 bits per heavy atom. The van der Waals surface area contributed by atoms with Gasteiger partial charge < -0.3 is 5.73 Å². The molecular formula is C18H31N5S. The number of rotatable bonds is 8. The summed E-state index contributed by atoms with van der Waals surface area (Å²) < 4.78 is 0. The summed E-state index contributed by atoms with van der Waals surface area (Å²) in [5.41, 5.74) is 11.5. The Labute approximate surface area is 150 Å². The Kier molecular flexibility index (Phi) is 6.55. The summed E-state index contributed by atoms with van der Waals surface area (Å²) in [7, 11) is 0. The van der Waals surface area contributed by atoms with Gasteiger partial charge in [0.15, 0.2) is 0 Å². The SMILES string of the molecule is CCCN(CCCCN)C1NN2C(NC(c3ccccc3)C2C)S1. The molecule has 2 aliphatic heterocycles. The third-order valence-corrected chi connectivity index (χ3v) is 6.20. The fourth-order valence-electron chi connectivity index (χ4n) is 3.61. The van der Waals surface area contributed by atoms with Crippen LogP contribution in [0.15, 0.2) is 30.3 Å². The van der Waals surface area contributed by atoms with E-state index in [-0.39, 0.29) is 0 Å². The van der Waals surface area contributed by atoms with Crippen molar-refractivity contribution in [2.45, 2.75) is 56.2 Å². The molecule has 0 amide bonds. The topological polar surface area (TPSA) is 56.6 Å². The minimum atomic E-state index is 0.337. The smallest absolute Gasteiger partial charge is 0.124 e. The minimum absolute atomic E-state index is 0.337. The van der Waals surface area contributed by atoms with Crippen molar-refractivity contribution in [1.82, 2.24) is 20.7 Å². The van der Waals surface area contributed by atoms with Crippen molar-refractivity contribution < 1.29 is 0 Å². The number of hydrogen-bond donors (Lipinski definition) is 3. The molecule has 4 atom stereocenters. The van der Waals surface area contributed by atoms with E-state index in [0.29, 0.717) is 23.1 Å². The summed E-state index contributed by atoms with van der Waals surface area (Å²) >= 11 is 1.99. The molecule has 4 N–H and O–H groups in total. The molecular weight excluding hydrogens is 318 g/mol. The second-order valence-electron chi connectivity index (χ2n) is 6.70. The number of nitrogens with two attached hydrogens (primary N) is 1. The van der Waals surface area contributed by atoms with Crippen LogP contribution in [-0.4, -0.2) is 46.6 Å². The molecule has 1 aromatic carbocycles. The van der Waals surface area contributed by atoms with Gasteiger partial charge in [0, 0.05) is 19.1 Å². The lowest BCUT2D eigenvalue weighted by atomic mass is 10.0. The number of fused-ring (bicyclic) bond motifs is 1. The summed E-state index contributed by atoms with van der Waals surface area (Å²) in [5.74, 6) is 0. The summed E-state index contributed by atoms with van der Waals surface area (Å²) in [5, 5.41) is 6.19. The maximum Gasteiger partial charge on any atom is 0.124 e. The molecule has 24 heavy (non-hydrogen) atoms. The number of hydrogen-bond acceptors (Lipinski definition) is 6. The van der Waals surface area contributed by atoms with Gasteiger partial charge in [-0.25, -0.2) is 10.4 Å². The minimum Gasteiger partial charge on any atom is -0.330 e. The normalized spacial score (nSPS) is 30.2. The lowest BCUT2D eigenvalue weighted by Gasteiger charge is -2.30. The summed E-state index contributed by atoms with van der Waals surface area (Å²) in [6, 6.07) is 11.6. The van der Waals surface area contributed by atoms with Gasteiger partial charge in [-0.05, 0) is 38.3 Å². The zero-order valence-corrected chi connectivity index (χ0v) is 15.6. The number of hydrazine groups is 1. The largest absolute Gasteiger partial charge is 0.330 e. The maximum atomic E-state index is 5.65. The molecule has 0 aromatic heterocycles. The van der Waals surface area contributed by atoms with Crippen LogP contribution >= 0.6 is 11.8 Å². The number of nitrogens with zero attached hydrogens (tertiary/aromatic N) is 2. The molecule has 5 nitrogen and oxygen atoms in total. The molecule has 2 fully saturated rings.